The molecule has 4 nitrogen and oxygen atoms in total. The van der Waals surface area contributed by atoms with Crippen molar-refractivity contribution in [2.24, 2.45) is 0 Å². The van der Waals surface area contributed by atoms with E-state index < -0.39 is 5.54 Å². The van der Waals surface area contributed by atoms with E-state index in [0.717, 1.165) is 32.0 Å². The van der Waals surface area contributed by atoms with Gasteiger partial charge in [-0.2, -0.15) is 0 Å². The summed E-state index contributed by atoms with van der Waals surface area (Å²) in [5, 5.41) is 3.40. The van der Waals surface area contributed by atoms with Crippen LogP contribution in [0.2, 0.25) is 0 Å². The van der Waals surface area contributed by atoms with E-state index in [0.29, 0.717) is 12.6 Å². The number of hydrogen-bond acceptors (Lipinski definition) is 4. The Labute approximate surface area is 124 Å². The van der Waals surface area contributed by atoms with Gasteiger partial charge in [0.1, 0.15) is 5.54 Å². The predicted octanol–water partition coefficient (Wildman–Crippen LogP) is 2.57. The van der Waals surface area contributed by atoms with Gasteiger partial charge in [-0.3, -0.25) is 9.69 Å². The number of nitrogens with zero attached hydrogens (tertiary/aromatic N) is 1. The van der Waals surface area contributed by atoms with Crippen LogP contribution in [0.15, 0.2) is 0 Å². The van der Waals surface area contributed by atoms with E-state index in [1.54, 1.807) is 0 Å². The molecular weight excluding hydrogens is 252 g/mol. The van der Waals surface area contributed by atoms with E-state index in [-0.39, 0.29) is 5.97 Å². The highest BCUT2D eigenvalue weighted by molar-refractivity contribution is 5.80. The summed E-state index contributed by atoms with van der Waals surface area (Å²) in [4.78, 5) is 14.8. The molecule has 0 spiro atoms. The smallest absolute Gasteiger partial charge is 0.326 e. The Morgan fingerprint density at radius 1 is 1.40 bits per heavy atom. The number of nitrogens with one attached hydrogen (secondary N) is 1. The van der Waals surface area contributed by atoms with Crippen molar-refractivity contribution in [2.45, 2.75) is 77.9 Å². The number of hydrogen-bond donors (Lipinski definition) is 1. The summed E-state index contributed by atoms with van der Waals surface area (Å²) >= 11 is 0. The highest BCUT2D eigenvalue weighted by atomic mass is 16.5. The van der Waals surface area contributed by atoms with Gasteiger partial charge in [-0.1, -0.05) is 13.8 Å². The van der Waals surface area contributed by atoms with Gasteiger partial charge < -0.3 is 10.1 Å². The quantitative estimate of drug-likeness (QED) is 0.626. The Hall–Kier alpha value is -0.610. The second kappa shape index (κ2) is 7.99. The summed E-state index contributed by atoms with van der Waals surface area (Å²) in [5.74, 6) is -0.118. The number of carbonyl (C=O) groups is 1. The van der Waals surface area contributed by atoms with Crippen molar-refractivity contribution in [1.29, 1.82) is 0 Å². The minimum absolute atomic E-state index is 0.118. The molecule has 2 unspecified atom stereocenters. The normalized spacial score (nSPS) is 19.7. The van der Waals surface area contributed by atoms with Gasteiger partial charge in [-0.05, 0) is 59.5 Å². The molecule has 0 aromatic carbocycles. The van der Waals surface area contributed by atoms with E-state index >= 15 is 0 Å². The number of rotatable bonds is 10. The molecule has 0 saturated heterocycles. The van der Waals surface area contributed by atoms with Gasteiger partial charge in [0.15, 0.2) is 0 Å². The molecule has 1 aliphatic rings. The fourth-order valence-corrected chi connectivity index (χ4v) is 2.96. The number of esters is 1. The second-order valence-corrected chi connectivity index (χ2v) is 6.09. The van der Waals surface area contributed by atoms with Crippen molar-refractivity contribution in [2.75, 3.05) is 19.7 Å². The van der Waals surface area contributed by atoms with Gasteiger partial charge >= 0.3 is 5.97 Å². The van der Waals surface area contributed by atoms with Gasteiger partial charge in [0.05, 0.1) is 6.61 Å². The molecule has 0 aromatic rings. The standard InChI is InChI=1S/C16H32N2O2/c1-6-11-17-16(5,15(19)20-8-3)12-13(4)18(7-2)14-9-10-14/h13-14,17H,6-12H2,1-5H3. The Kier molecular flexibility index (Phi) is 6.96. The monoisotopic (exact) mass is 284 g/mol. The Morgan fingerprint density at radius 2 is 2.05 bits per heavy atom. The molecule has 118 valence electrons. The molecule has 1 N–H and O–H groups in total. The van der Waals surface area contributed by atoms with Crippen molar-refractivity contribution in [3.63, 3.8) is 0 Å². The maximum Gasteiger partial charge on any atom is 0.326 e. The average molecular weight is 284 g/mol. The van der Waals surface area contributed by atoms with Crippen LogP contribution in [0, 0.1) is 0 Å². The van der Waals surface area contributed by atoms with Gasteiger partial charge in [-0.25, -0.2) is 0 Å². The Bertz CT molecular complexity index is 305. The third-order valence-corrected chi connectivity index (χ3v) is 4.14. The van der Waals surface area contributed by atoms with Gasteiger partial charge in [0, 0.05) is 12.1 Å². The molecule has 1 fully saturated rings. The zero-order valence-corrected chi connectivity index (χ0v) is 13.9. The van der Waals surface area contributed by atoms with E-state index in [1.807, 2.05) is 13.8 Å². The molecule has 1 saturated carbocycles. The van der Waals surface area contributed by atoms with E-state index in [4.69, 9.17) is 4.74 Å². The SMILES string of the molecule is CCCNC(C)(CC(C)N(CC)C1CC1)C(=O)OCC. The number of ether oxygens (including phenoxy) is 1. The van der Waals surface area contributed by atoms with Crippen molar-refractivity contribution >= 4 is 5.97 Å². The molecule has 0 heterocycles. The summed E-state index contributed by atoms with van der Waals surface area (Å²) in [5.41, 5.74) is -0.576. The maximum absolute atomic E-state index is 12.3. The lowest BCUT2D eigenvalue weighted by atomic mass is 9.92. The van der Waals surface area contributed by atoms with Crippen LogP contribution in [0.3, 0.4) is 0 Å². The van der Waals surface area contributed by atoms with E-state index in [2.05, 4.69) is 31.0 Å². The van der Waals surface area contributed by atoms with E-state index in [1.165, 1.54) is 12.8 Å². The highest BCUT2D eigenvalue weighted by Crippen LogP contribution is 2.30. The zero-order valence-electron chi connectivity index (χ0n) is 13.9. The third kappa shape index (κ3) is 4.74. The summed E-state index contributed by atoms with van der Waals surface area (Å²) < 4.78 is 5.27. The van der Waals surface area contributed by atoms with Crippen LogP contribution in [0.1, 0.15) is 60.3 Å². The van der Waals surface area contributed by atoms with Crippen LogP contribution < -0.4 is 5.32 Å². The molecule has 0 aliphatic heterocycles. The summed E-state index contributed by atoms with van der Waals surface area (Å²) in [6, 6.07) is 1.12. The minimum atomic E-state index is -0.576. The zero-order chi connectivity index (χ0) is 15.2. The maximum atomic E-state index is 12.3. The van der Waals surface area contributed by atoms with Crippen molar-refractivity contribution in [1.82, 2.24) is 10.2 Å². The molecule has 1 rings (SSSR count). The predicted molar refractivity (Wildman–Crippen MR) is 82.8 cm³/mol. The number of carbonyl (C=O) groups excluding carboxylic acids is 1. The Balaban J connectivity index is 2.68. The lowest BCUT2D eigenvalue weighted by molar-refractivity contribution is -0.151. The average Bonchev–Trinajstić information content (AvgIpc) is 3.22. The van der Waals surface area contributed by atoms with Gasteiger partial charge in [-0.15, -0.1) is 0 Å². The Morgan fingerprint density at radius 3 is 2.50 bits per heavy atom. The molecule has 0 radical (unpaired) electrons. The van der Waals surface area contributed by atoms with Crippen LogP contribution in [-0.2, 0) is 9.53 Å². The van der Waals surface area contributed by atoms with Crippen LogP contribution in [0.25, 0.3) is 0 Å². The topological polar surface area (TPSA) is 41.6 Å². The minimum Gasteiger partial charge on any atom is -0.465 e. The van der Waals surface area contributed by atoms with Gasteiger partial charge in [0.25, 0.3) is 0 Å². The third-order valence-electron chi connectivity index (χ3n) is 4.14. The van der Waals surface area contributed by atoms with E-state index in [9.17, 15) is 4.79 Å². The van der Waals surface area contributed by atoms with Crippen LogP contribution >= 0.6 is 0 Å². The first-order valence-electron chi connectivity index (χ1n) is 8.16. The summed E-state index contributed by atoms with van der Waals surface area (Å²) in [6.07, 6.45) is 4.42. The lowest BCUT2D eigenvalue weighted by Gasteiger charge is -2.36. The molecular formula is C16H32N2O2. The first kappa shape index (κ1) is 17.4. The van der Waals surface area contributed by atoms with Crippen LogP contribution in [0.5, 0.6) is 0 Å². The summed E-state index contributed by atoms with van der Waals surface area (Å²) in [7, 11) is 0. The summed E-state index contributed by atoms with van der Waals surface area (Å²) in [6.45, 7) is 12.7. The van der Waals surface area contributed by atoms with Gasteiger partial charge in [0.2, 0.25) is 0 Å². The molecule has 0 aromatic heterocycles. The van der Waals surface area contributed by atoms with Crippen molar-refractivity contribution < 1.29 is 9.53 Å². The first-order chi connectivity index (χ1) is 9.48. The first-order valence-corrected chi connectivity index (χ1v) is 8.16. The largest absolute Gasteiger partial charge is 0.465 e. The molecule has 4 heteroatoms. The molecule has 2 atom stereocenters. The van der Waals surface area contributed by atoms with Crippen LogP contribution in [0.4, 0.5) is 0 Å². The molecule has 1 aliphatic carbocycles. The van der Waals surface area contributed by atoms with Crippen molar-refractivity contribution in [3.8, 4) is 0 Å². The molecule has 20 heavy (non-hydrogen) atoms. The molecule has 0 bridgehead atoms. The second-order valence-electron chi connectivity index (χ2n) is 6.09. The fourth-order valence-electron chi connectivity index (χ4n) is 2.96. The highest BCUT2D eigenvalue weighted by Gasteiger charge is 2.39. The van der Waals surface area contributed by atoms with Crippen molar-refractivity contribution in [3.05, 3.63) is 0 Å². The lowest BCUT2D eigenvalue weighted by Crippen LogP contribution is -2.54. The molecule has 0 amide bonds. The fraction of sp³-hybridized carbons (Fsp3) is 0.938. The van der Waals surface area contributed by atoms with Crippen LogP contribution in [-0.4, -0.2) is 48.2 Å².